The van der Waals surface area contributed by atoms with E-state index in [4.69, 9.17) is 0 Å². The van der Waals surface area contributed by atoms with Crippen LogP contribution in [0.25, 0.3) is 11.1 Å². The van der Waals surface area contributed by atoms with Crippen molar-refractivity contribution < 1.29 is 13.6 Å². The summed E-state index contributed by atoms with van der Waals surface area (Å²) in [6.07, 6.45) is 1.77. The molecule has 0 aliphatic heterocycles. The predicted octanol–water partition coefficient (Wildman–Crippen LogP) is 2.84. The van der Waals surface area contributed by atoms with Crippen LogP contribution in [-0.4, -0.2) is 11.3 Å². The van der Waals surface area contributed by atoms with Crippen molar-refractivity contribution in [3.8, 4) is 11.1 Å². The van der Waals surface area contributed by atoms with E-state index < -0.39 is 11.8 Å². The first-order valence-corrected chi connectivity index (χ1v) is 4.57. The Hall–Kier alpha value is -2.10. The number of pyridine rings is 1. The van der Waals surface area contributed by atoms with Gasteiger partial charge in [0, 0.05) is 11.8 Å². The summed E-state index contributed by atoms with van der Waals surface area (Å²) in [5, 5.41) is 0. The van der Waals surface area contributed by atoms with Gasteiger partial charge in [0.15, 0.2) is 6.29 Å². The highest BCUT2D eigenvalue weighted by molar-refractivity contribution is 5.79. The molecular formula is C12H7F2NO. The number of nitrogens with zero attached hydrogens (tertiary/aromatic N) is 1. The highest BCUT2D eigenvalue weighted by atomic mass is 19.1. The lowest BCUT2D eigenvalue weighted by atomic mass is 10.1. The topological polar surface area (TPSA) is 30.0 Å². The summed E-state index contributed by atoms with van der Waals surface area (Å²) in [5.41, 5.74) is 1.22. The van der Waals surface area contributed by atoms with Crippen LogP contribution in [0.5, 0.6) is 0 Å². The number of carbonyl (C=O) groups excluding carboxylic acids is 1. The van der Waals surface area contributed by atoms with Gasteiger partial charge in [-0.1, -0.05) is 6.07 Å². The number of halogens is 2. The first-order chi connectivity index (χ1) is 7.70. The maximum absolute atomic E-state index is 13.0. The molecule has 0 atom stereocenters. The average Bonchev–Trinajstić information content (AvgIpc) is 2.31. The molecule has 2 aromatic rings. The predicted molar refractivity (Wildman–Crippen MR) is 55.0 cm³/mol. The molecule has 0 radical (unpaired) electrons. The van der Waals surface area contributed by atoms with E-state index in [0.717, 1.165) is 0 Å². The van der Waals surface area contributed by atoms with Crippen LogP contribution in [0.4, 0.5) is 8.78 Å². The van der Waals surface area contributed by atoms with Crippen molar-refractivity contribution in [3.63, 3.8) is 0 Å². The molecule has 16 heavy (non-hydrogen) atoms. The zero-order valence-corrected chi connectivity index (χ0v) is 8.15. The molecule has 4 heteroatoms. The van der Waals surface area contributed by atoms with Gasteiger partial charge in [0.1, 0.15) is 5.82 Å². The Morgan fingerprint density at radius 2 is 1.81 bits per heavy atom. The Bertz CT molecular complexity index is 523. The molecule has 0 unspecified atom stereocenters. The van der Waals surface area contributed by atoms with Crippen LogP contribution in [0.2, 0.25) is 0 Å². The molecule has 0 fully saturated rings. The minimum Gasteiger partial charge on any atom is -0.298 e. The van der Waals surface area contributed by atoms with E-state index in [2.05, 4.69) is 4.98 Å². The quantitative estimate of drug-likeness (QED) is 0.574. The van der Waals surface area contributed by atoms with E-state index in [1.807, 2.05) is 0 Å². The van der Waals surface area contributed by atoms with Gasteiger partial charge in [-0.3, -0.25) is 4.79 Å². The van der Waals surface area contributed by atoms with Crippen molar-refractivity contribution in [2.24, 2.45) is 0 Å². The van der Waals surface area contributed by atoms with Crippen LogP contribution in [-0.2, 0) is 0 Å². The molecular weight excluding hydrogens is 212 g/mol. The van der Waals surface area contributed by atoms with Gasteiger partial charge >= 0.3 is 0 Å². The first-order valence-electron chi connectivity index (χ1n) is 4.57. The first kappa shape index (κ1) is 10.4. The summed E-state index contributed by atoms with van der Waals surface area (Å²) in [6.45, 7) is 0. The van der Waals surface area contributed by atoms with E-state index in [-0.39, 0.29) is 5.56 Å². The van der Waals surface area contributed by atoms with E-state index >= 15 is 0 Å². The van der Waals surface area contributed by atoms with Crippen LogP contribution in [0.15, 0.2) is 36.5 Å². The maximum Gasteiger partial charge on any atom is 0.212 e. The largest absolute Gasteiger partial charge is 0.298 e. The second-order valence-electron chi connectivity index (χ2n) is 3.22. The third kappa shape index (κ3) is 1.95. The highest BCUT2D eigenvalue weighted by Gasteiger charge is 2.04. The number of hydrogen-bond donors (Lipinski definition) is 0. The van der Waals surface area contributed by atoms with Gasteiger partial charge in [0.25, 0.3) is 0 Å². The lowest BCUT2D eigenvalue weighted by molar-refractivity contribution is 0.112. The molecule has 0 aliphatic rings. The lowest BCUT2D eigenvalue weighted by Crippen LogP contribution is -1.89. The molecule has 0 amide bonds. The SMILES string of the molecule is O=Cc1cc(-c2ccc(F)nc2)ccc1F. The molecule has 0 bridgehead atoms. The van der Waals surface area contributed by atoms with Crippen molar-refractivity contribution >= 4 is 6.29 Å². The van der Waals surface area contributed by atoms with Crippen molar-refractivity contribution in [2.45, 2.75) is 0 Å². The van der Waals surface area contributed by atoms with Gasteiger partial charge in [-0.05, 0) is 29.8 Å². The Morgan fingerprint density at radius 1 is 1.06 bits per heavy atom. The molecule has 0 aliphatic carbocycles. The van der Waals surface area contributed by atoms with Gasteiger partial charge in [-0.25, -0.2) is 9.37 Å². The molecule has 0 N–H and O–H groups in total. The standard InChI is InChI=1S/C12H7F2NO/c13-11-3-1-8(5-10(11)7-16)9-2-4-12(14)15-6-9/h1-7H. The molecule has 1 aromatic carbocycles. The summed E-state index contributed by atoms with van der Waals surface area (Å²) in [4.78, 5) is 14.0. The molecule has 80 valence electrons. The van der Waals surface area contributed by atoms with Crippen molar-refractivity contribution in [3.05, 3.63) is 53.9 Å². The minimum absolute atomic E-state index is 0.0261. The lowest BCUT2D eigenvalue weighted by Gasteiger charge is -2.02. The Balaban J connectivity index is 2.48. The van der Waals surface area contributed by atoms with E-state index in [0.29, 0.717) is 17.4 Å². The number of hydrogen-bond acceptors (Lipinski definition) is 2. The fourth-order valence-corrected chi connectivity index (χ4v) is 1.36. The van der Waals surface area contributed by atoms with Gasteiger partial charge in [0.2, 0.25) is 5.95 Å². The van der Waals surface area contributed by atoms with E-state index in [1.165, 1.54) is 36.5 Å². The second-order valence-corrected chi connectivity index (χ2v) is 3.22. The molecule has 1 heterocycles. The summed E-state index contributed by atoms with van der Waals surface area (Å²) in [6, 6.07) is 6.83. The summed E-state index contributed by atoms with van der Waals surface area (Å²) in [5.74, 6) is -1.16. The fourth-order valence-electron chi connectivity index (χ4n) is 1.36. The Labute approximate surface area is 90.6 Å². The van der Waals surface area contributed by atoms with E-state index in [1.54, 1.807) is 0 Å². The Morgan fingerprint density at radius 3 is 2.44 bits per heavy atom. The normalized spacial score (nSPS) is 10.1. The molecule has 0 saturated carbocycles. The zero-order chi connectivity index (χ0) is 11.5. The number of aromatic nitrogens is 1. The van der Waals surface area contributed by atoms with Gasteiger partial charge in [0.05, 0.1) is 5.56 Å². The summed E-state index contributed by atoms with van der Waals surface area (Å²) in [7, 11) is 0. The number of benzene rings is 1. The summed E-state index contributed by atoms with van der Waals surface area (Å²) >= 11 is 0. The van der Waals surface area contributed by atoms with Gasteiger partial charge in [-0.2, -0.15) is 4.39 Å². The number of aldehydes is 1. The molecule has 1 aromatic heterocycles. The third-order valence-corrected chi connectivity index (χ3v) is 2.18. The summed E-state index contributed by atoms with van der Waals surface area (Å²) < 4.78 is 25.6. The zero-order valence-electron chi connectivity index (χ0n) is 8.15. The van der Waals surface area contributed by atoms with Crippen LogP contribution < -0.4 is 0 Å². The molecule has 2 nitrogen and oxygen atoms in total. The fraction of sp³-hybridized carbons (Fsp3) is 0. The minimum atomic E-state index is -0.582. The van der Waals surface area contributed by atoms with Crippen molar-refractivity contribution in [2.75, 3.05) is 0 Å². The van der Waals surface area contributed by atoms with Crippen LogP contribution in [0.1, 0.15) is 10.4 Å². The van der Waals surface area contributed by atoms with E-state index in [9.17, 15) is 13.6 Å². The van der Waals surface area contributed by atoms with Gasteiger partial charge in [-0.15, -0.1) is 0 Å². The average molecular weight is 219 g/mol. The highest BCUT2D eigenvalue weighted by Crippen LogP contribution is 2.20. The number of rotatable bonds is 2. The second kappa shape index (κ2) is 4.18. The monoisotopic (exact) mass is 219 g/mol. The molecule has 0 saturated heterocycles. The van der Waals surface area contributed by atoms with Crippen molar-refractivity contribution in [1.82, 2.24) is 4.98 Å². The molecule has 2 rings (SSSR count). The maximum atomic E-state index is 13.0. The van der Waals surface area contributed by atoms with Crippen molar-refractivity contribution in [1.29, 1.82) is 0 Å². The van der Waals surface area contributed by atoms with Crippen LogP contribution in [0.3, 0.4) is 0 Å². The van der Waals surface area contributed by atoms with Gasteiger partial charge < -0.3 is 0 Å². The Kier molecular flexibility index (Phi) is 2.72. The van der Waals surface area contributed by atoms with Crippen LogP contribution in [0, 0.1) is 11.8 Å². The van der Waals surface area contributed by atoms with Crippen LogP contribution >= 0.6 is 0 Å². The third-order valence-electron chi connectivity index (χ3n) is 2.18. The smallest absolute Gasteiger partial charge is 0.212 e. The number of carbonyl (C=O) groups is 1. The molecule has 0 spiro atoms.